The Morgan fingerprint density at radius 2 is 2.00 bits per heavy atom. The Bertz CT molecular complexity index is 420. The normalized spacial score (nSPS) is 11.7. The number of carboxylic acid groups (broad SMARTS) is 1. The number of nitrogens with one attached hydrogen (secondary N) is 1. The van der Waals surface area contributed by atoms with E-state index in [2.05, 4.69) is 5.32 Å². The van der Waals surface area contributed by atoms with E-state index in [0.29, 0.717) is 25.5 Å². The van der Waals surface area contributed by atoms with Gasteiger partial charge in [-0.1, -0.05) is 6.92 Å². The molecule has 1 rings (SSSR count). The van der Waals surface area contributed by atoms with Crippen molar-refractivity contribution in [2.45, 2.75) is 20.8 Å². The average Bonchev–Trinajstić information content (AvgIpc) is 2.38. The smallest absolute Gasteiger partial charge is 0.308 e. The van der Waals surface area contributed by atoms with E-state index in [1.54, 1.807) is 6.92 Å². The van der Waals surface area contributed by atoms with Crippen LogP contribution in [0, 0.1) is 5.92 Å². The molecule has 1 aromatic rings. The summed E-state index contributed by atoms with van der Waals surface area (Å²) in [6, 6.07) is 5.48. The van der Waals surface area contributed by atoms with Crippen molar-refractivity contribution < 1.29 is 19.4 Å². The summed E-state index contributed by atoms with van der Waals surface area (Å²) in [6.07, 6.45) is 0. The molecule has 0 radical (unpaired) electrons. The molecule has 0 saturated carbocycles. The highest BCUT2D eigenvalue weighted by atomic mass is 16.5. The molecule has 0 fully saturated rings. The Hall–Kier alpha value is -1.91. The number of hydrogen-bond donors (Lipinski definition) is 2. The first-order valence-electron chi connectivity index (χ1n) is 6.44. The van der Waals surface area contributed by atoms with E-state index in [0.717, 1.165) is 11.4 Å². The average molecular weight is 267 g/mol. The van der Waals surface area contributed by atoms with E-state index in [4.69, 9.17) is 14.6 Å². The van der Waals surface area contributed by atoms with Crippen molar-refractivity contribution in [3.8, 4) is 11.5 Å². The third-order valence-corrected chi connectivity index (χ3v) is 2.58. The zero-order chi connectivity index (χ0) is 14.3. The van der Waals surface area contributed by atoms with E-state index >= 15 is 0 Å². The lowest BCUT2D eigenvalue weighted by atomic mass is 10.2. The molecule has 0 saturated heterocycles. The number of anilines is 1. The highest BCUT2D eigenvalue weighted by Gasteiger charge is 2.12. The Balaban J connectivity index is 2.81. The van der Waals surface area contributed by atoms with Gasteiger partial charge in [-0.25, -0.2) is 0 Å². The van der Waals surface area contributed by atoms with Gasteiger partial charge in [-0.15, -0.1) is 0 Å². The monoisotopic (exact) mass is 267 g/mol. The van der Waals surface area contributed by atoms with Gasteiger partial charge in [0.2, 0.25) is 0 Å². The zero-order valence-electron chi connectivity index (χ0n) is 11.6. The Labute approximate surface area is 113 Å². The minimum atomic E-state index is -0.827. The minimum Gasteiger partial charge on any atom is -0.494 e. The molecule has 0 amide bonds. The first kappa shape index (κ1) is 15.1. The van der Waals surface area contributed by atoms with Gasteiger partial charge >= 0.3 is 5.97 Å². The second-order valence-corrected chi connectivity index (χ2v) is 4.14. The first-order chi connectivity index (χ1) is 9.08. The van der Waals surface area contributed by atoms with E-state index in [1.165, 1.54) is 0 Å². The van der Waals surface area contributed by atoms with E-state index in [9.17, 15) is 4.79 Å². The summed E-state index contributed by atoms with van der Waals surface area (Å²) < 4.78 is 10.9. The van der Waals surface area contributed by atoms with Crippen molar-refractivity contribution >= 4 is 11.7 Å². The lowest BCUT2D eigenvalue weighted by Crippen LogP contribution is -2.20. The summed E-state index contributed by atoms with van der Waals surface area (Å²) in [5.41, 5.74) is 0.751. The predicted octanol–water partition coefficient (Wildman–Crippen LogP) is 2.62. The Morgan fingerprint density at radius 1 is 1.32 bits per heavy atom. The standard InChI is InChI=1S/C14H21NO4/c1-4-18-11-6-7-13(19-5-2)12(8-11)15-9-10(3)14(16)17/h6-8,10,15H,4-5,9H2,1-3H3,(H,16,17). The molecule has 1 aromatic carbocycles. The van der Waals surface area contributed by atoms with Gasteiger partial charge in [-0.3, -0.25) is 4.79 Å². The largest absolute Gasteiger partial charge is 0.494 e. The van der Waals surface area contributed by atoms with Crippen molar-refractivity contribution in [2.24, 2.45) is 5.92 Å². The number of hydrogen-bond acceptors (Lipinski definition) is 4. The van der Waals surface area contributed by atoms with E-state index in [-0.39, 0.29) is 0 Å². The van der Waals surface area contributed by atoms with Crippen LogP contribution in [0.1, 0.15) is 20.8 Å². The van der Waals surface area contributed by atoms with E-state index in [1.807, 2.05) is 32.0 Å². The van der Waals surface area contributed by atoms with Gasteiger partial charge in [-0.05, 0) is 26.0 Å². The molecule has 0 aliphatic carbocycles. The highest BCUT2D eigenvalue weighted by Crippen LogP contribution is 2.29. The molecule has 0 aromatic heterocycles. The highest BCUT2D eigenvalue weighted by molar-refractivity contribution is 5.70. The molecule has 2 N–H and O–H groups in total. The van der Waals surface area contributed by atoms with Crippen LogP contribution in [0.25, 0.3) is 0 Å². The molecular weight excluding hydrogens is 246 g/mol. The summed E-state index contributed by atoms with van der Waals surface area (Å²) in [5, 5.41) is 12.0. The minimum absolute atomic E-state index is 0.338. The number of aliphatic carboxylic acids is 1. The lowest BCUT2D eigenvalue weighted by molar-refractivity contribution is -0.140. The van der Waals surface area contributed by atoms with Crippen LogP contribution in [0.4, 0.5) is 5.69 Å². The van der Waals surface area contributed by atoms with Crippen molar-refractivity contribution in [2.75, 3.05) is 25.1 Å². The Kier molecular flexibility index (Phi) is 5.99. The fourth-order valence-corrected chi connectivity index (χ4v) is 1.54. The lowest BCUT2D eigenvalue weighted by Gasteiger charge is -2.15. The van der Waals surface area contributed by atoms with Gasteiger partial charge in [0.1, 0.15) is 11.5 Å². The van der Waals surface area contributed by atoms with Crippen LogP contribution in [-0.2, 0) is 4.79 Å². The molecular formula is C14H21NO4. The fraction of sp³-hybridized carbons (Fsp3) is 0.500. The third kappa shape index (κ3) is 4.69. The summed E-state index contributed by atoms with van der Waals surface area (Å²) in [4.78, 5) is 10.8. The molecule has 5 heteroatoms. The maximum absolute atomic E-state index is 10.8. The molecule has 0 heterocycles. The molecule has 0 bridgehead atoms. The molecule has 1 unspecified atom stereocenters. The van der Waals surface area contributed by atoms with Gasteiger partial charge in [0.15, 0.2) is 0 Å². The van der Waals surface area contributed by atoms with Crippen LogP contribution in [-0.4, -0.2) is 30.8 Å². The molecule has 5 nitrogen and oxygen atoms in total. The number of ether oxygens (including phenoxy) is 2. The summed E-state index contributed by atoms with van der Waals surface area (Å²) in [7, 11) is 0. The second kappa shape index (κ2) is 7.51. The van der Waals surface area contributed by atoms with Gasteiger partial charge in [0, 0.05) is 12.6 Å². The summed E-state index contributed by atoms with van der Waals surface area (Å²) >= 11 is 0. The zero-order valence-corrected chi connectivity index (χ0v) is 11.6. The Morgan fingerprint density at radius 3 is 2.58 bits per heavy atom. The van der Waals surface area contributed by atoms with Crippen molar-refractivity contribution in [3.05, 3.63) is 18.2 Å². The summed E-state index contributed by atoms with van der Waals surface area (Å²) in [6.45, 7) is 6.94. The molecule has 0 aliphatic rings. The quantitative estimate of drug-likeness (QED) is 0.757. The number of carboxylic acids is 1. The van der Waals surface area contributed by atoms with Crippen LogP contribution in [0.3, 0.4) is 0 Å². The SMILES string of the molecule is CCOc1ccc(OCC)c(NCC(C)C(=O)O)c1. The number of benzene rings is 1. The maximum atomic E-state index is 10.8. The third-order valence-electron chi connectivity index (χ3n) is 2.58. The number of rotatable bonds is 8. The molecule has 1 atom stereocenters. The van der Waals surface area contributed by atoms with Crippen molar-refractivity contribution in [1.29, 1.82) is 0 Å². The number of carbonyl (C=O) groups is 1. The predicted molar refractivity (Wildman–Crippen MR) is 74.1 cm³/mol. The molecule has 0 spiro atoms. The van der Waals surface area contributed by atoms with Crippen molar-refractivity contribution in [3.63, 3.8) is 0 Å². The van der Waals surface area contributed by atoms with Crippen LogP contribution in [0.5, 0.6) is 11.5 Å². The van der Waals surface area contributed by atoms with Gasteiger partial charge in [0.25, 0.3) is 0 Å². The van der Waals surface area contributed by atoms with E-state index < -0.39 is 11.9 Å². The summed E-state index contributed by atoms with van der Waals surface area (Å²) in [5.74, 6) is 0.136. The van der Waals surface area contributed by atoms with Gasteiger partial charge in [0.05, 0.1) is 24.8 Å². The molecule has 106 valence electrons. The fourth-order valence-electron chi connectivity index (χ4n) is 1.54. The molecule has 19 heavy (non-hydrogen) atoms. The van der Waals surface area contributed by atoms with Crippen LogP contribution in [0.2, 0.25) is 0 Å². The van der Waals surface area contributed by atoms with Crippen LogP contribution in [0.15, 0.2) is 18.2 Å². The van der Waals surface area contributed by atoms with Gasteiger partial charge in [-0.2, -0.15) is 0 Å². The first-order valence-corrected chi connectivity index (χ1v) is 6.44. The maximum Gasteiger partial charge on any atom is 0.308 e. The van der Waals surface area contributed by atoms with Crippen molar-refractivity contribution in [1.82, 2.24) is 0 Å². The van der Waals surface area contributed by atoms with Crippen LogP contribution < -0.4 is 14.8 Å². The molecule has 0 aliphatic heterocycles. The van der Waals surface area contributed by atoms with Crippen LogP contribution >= 0.6 is 0 Å². The topological polar surface area (TPSA) is 67.8 Å². The van der Waals surface area contributed by atoms with Gasteiger partial charge < -0.3 is 19.9 Å². The second-order valence-electron chi connectivity index (χ2n) is 4.14.